The number of hydrogen-bond acceptors (Lipinski definition) is 3. The summed E-state index contributed by atoms with van der Waals surface area (Å²) in [6.45, 7) is 0.888. The minimum absolute atomic E-state index is 0.585. The van der Waals surface area contributed by atoms with Crippen molar-refractivity contribution >= 4 is 18.3 Å². The van der Waals surface area contributed by atoms with E-state index >= 15 is 0 Å². The van der Waals surface area contributed by atoms with E-state index in [1.54, 1.807) is 0 Å². The van der Waals surface area contributed by atoms with Gasteiger partial charge in [0.05, 0.1) is 0 Å². The summed E-state index contributed by atoms with van der Waals surface area (Å²) in [4.78, 5) is 0. The Labute approximate surface area is 55.6 Å². The maximum absolute atomic E-state index is 7.12. The van der Waals surface area contributed by atoms with Gasteiger partial charge >= 0.3 is 0 Å². The first-order valence-electron chi connectivity index (χ1n) is 2.63. The molecule has 0 aromatic heterocycles. The van der Waals surface area contributed by atoms with Crippen LogP contribution in [0.5, 0.6) is 0 Å². The lowest BCUT2D eigenvalue weighted by atomic mass is 10.3. The standard InChI is InChI=1S/C5H12N2S/c1-7-3-2-5(6)4-8/h6-8H,2-4H2,1H3. The maximum Gasteiger partial charge on any atom is 0.0282 e. The third kappa shape index (κ3) is 4.15. The zero-order valence-electron chi connectivity index (χ0n) is 5.07. The molecule has 0 bridgehead atoms. The zero-order valence-corrected chi connectivity index (χ0v) is 5.96. The Balaban J connectivity index is 2.99. The van der Waals surface area contributed by atoms with Crippen molar-refractivity contribution < 1.29 is 0 Å². The monoisotopic (exact) mass is 132 g/mol. The quantitative estimate of drug-likeness (QED) is 0.379. The SMILES string of the molecule is CNCCC(=N)CS. The topological polar surface area (TPSA) is 35.9 Å². The Morgan fingerprint density at radius 1 is 1.75 bits per heavy atom. The van der Waals surface area contributed by atoms with E-state index in [4.69, 9.17) is 5.41 Å². The van der Waals surface area contributed by atoms with Gasteiger partial charge in [0.15, 0.2) is 0 Å². The van der Waals surface area contributed by atoms with Gasteiger partial charge in [-0.1, -0.05) is 0 Å². The highest BCUT2D eigenvalue weighted by Crippen LogP contribution is 1.83. The average Bonchev–Trinajstić information content (AvgIpc) is 1.83. The number of nitrogens with one attached hydrogen (secondary N) is 2. The van der Waals surface area contributed by atoms with Crippen LogP contribution >= 0.6 is 12.6 Å². The zero-order chi connectivity index (χ0) is 6.41. The van der Waals surface area contributed by atoms with Crippen LogP contribution in [0.15, 0.2) is 0 Å². The van der Waals surface area contributed by atoms with Gasteiger partial charge in [-0.05, 0) is 13.5 Å². The van der Waals surface area contributed by atoms with Gasteiger partial charge in [0.2, 0.25) is 0 Å². The van der Waals surface area contributed by atoms with E-state index in [9.17, 15) is 0 Å². The molecule has 0 aliphatic carbocycles. The average molecular weight is 132 g/mol. The van der Waals surface area contributed by atoms with Crippen molar-refractivity contribution in [2.75, 3.05) is 19.3 Å². The summed E-state index contributed by atoms with van der Waals surface area (Å²) >= 11 is 3.94. The molecule has 0 unspecified atom stereocenters. The van der Waals surface area contributed by atoms with Gasteiger partial charge in [-0.25, -0.2) is 0 Å². The predicted molar refractivity (Wildman–Crippen MR) is 40.1 cm³/mol. The molecular weight excluding hydrogens is 120 g/mol. The lowest BCUT2D eigenvalue weighted by Gasteiger charge is -1.96. The first kappa shape index (κ1) is 7.98. The van der Waals surface area contributed by atoms with Crippen molar-refractivity contribution in [2.45, 2.75) is 6.42 Å². The van der Waals surface area contributed by atoms with Crippen molar-refractivity contribution in [3.05, 3.63) is 0 Å². The molecule has 0 saturated heterocycles. The third-order valence-electron chi connectivity index (χ3n) is 0.868. The Morgan fingerprint density at radius 2 is 2.38 bits per heavy atom. The molecule has 0 heterocycles. The van der Waals surface area contributed by atoms with E-state index in [1.807, 2.05) is 7.05 Å². The highest BCUT2D eigenvalue weighted by molar-refractivity contribution is 7.81. The number of thiol groups is 1. The fourth-order valence-electron chi connectivity index (χ4n) is 0.355. The van der Waals surface area contributed by atoms with Gasteiger partial charge in [0.1, 0.15) is 0 Å². The largest absolute Gasteiger partial charge is 0.319 e. The molecule has 0 aromatic rings. The summed E-state index contributed by atoms with van der Waals surface area (Å²) in [6, 6.07) is 0. The van der Waals surface area contributed by atoms with Crippen LogP contribution in [-0.4, -0.2) is 25.1 Å². The molecule has 8 heavy (non-hydrogen) atoms. The van der Waals surface area contributed by atoms with Crippen molar-refractivity contribution in [2.24, 2.45) is 0 Å². The summed E-state index contributed by atoms with van der Waals surface area (Å²) < 4.78 is 0. The van der Waals surface area contributed by atoms with Gasteiger partial charge in [-0.2, -0.15) is 12.6 Å². The summed E-state index contributed by atoms with van der Waals surface area (Å²) in [7, 11) is 1.88. The van der Waals surface area contributed by atoms with Crippen molar-refractivity contribution in [1.82, 2.24) is 5.32 Å². The smallest absolute Gasteiger partial charge is 0.0282 e. The van der Waals surface area contributed by atoms with Crippen molar-refractivity contribution in [3.8, 4) is 0 Å². The van der Waals surface area contributed by atoms with Crippen LogP contribution in [0.2, 0.25) is 0 Å². The van der Waals surface area contributed by atoms with Gasteiger partial charge in [0, 0.05) is 18.0 Å². The molecular formula is C5H12N2S. The molecule has 0 fully saturated rings. The molecule has 0 aliphatic rings. The van der Waals surface area contributed by atoms with E-state index in [-0.39, 0.29) is 0 Å². The minimum Gasteiger partial charge on any atom is -0.319 e. The van der Waals surface area contributed by atoms with Gasteiger partial charge in [-0.15, -0.1) is 0 Å². The van der Waals surface area contributed by atoms with Crippen LogP contribution in [0.25, 0.3) is 0 Å². The molecule has 0 saturated carbocycles. The molecule has 0 amide bonds. The molecule has 0 radical (unpaired) electrons. The van der Waals surface area contributed by atoms with E-state index in [1.165, 1.54) is 0 Å². The highest BCUT2D eigenvalue weighted by Gasteiger charge is 1.89. The van der Waals surface area contributed by atoms with Crippen molar-refractivity contribution in [1.29, 1.82) is 5.41 Å². The fraction of sp³-hybridized carbons (Fsp3) is 0.800. The second-order valence-corrected chi connectivity index (χ2v) is 1.93. The molecule has 0 aliphatic heterocycles. The number of rotatable bonds is 4. The summed E-state index contributed by atoms with van der Waals surface area (Å²) in [5.74, 6) is 0.585. The molecule has 0 spiro atoms. The first-order valence-corrected chi connectivity index (χ1v) is 3.26. The van der Waals surface area contributed by atoms with Gasteiger partial charge in [-0.3, -0.25) is 0 Å². The number of hydrogen-bond donors (Lipinski definition) is 3. The molecule has 0 atom stereocenters. The molecule has 0 rings (SSSR count). The lowest BCUT2D eigenvalue weighted by Crippen LogP contribution is -2.12. The van der Waals surface area contributed by atoms with E-state index in [0.717, 1.165) is 13.0 Å². The normalized spacial score (nSPS) is 9.25. The second-order valence-electron chi connectivity index (χ2n) is 1.62. The van der Waals surface area contributed by atoms with Crippen molar-refractivity contribution in [3.63, 3.8) is 0 Å². The van der Waals surface area contributed by atoms with Crippen LogP contribution in [-0.2, 0) is 0 Å². The summed E-state index contributed by atoms with van der Waals surface area (Å²) in [6.07, 6.45) is 0.819. The Morgan fingerprint density at radius 3 is 2.75 bits per heavy atom. The van der Waals surface area contributed by atoms with Crippen LogP contribution in [0.4, 0.5) is 0 Å². The molecule has 3 heteroatoms. The molecule has 0 aromatic carbocycles. The van der Waals surface area contributed by atoms with Gasteiger partial charge < -0.3 is 10.7 Å². The fourth-order valence-corrected chi connectivity index (χ4v) is 0.513. The van der Waals surface area contributed by atoms with E-state index < -0.39 is 0 Å². The van der Waals surface area contributed by atoms with Crippen LogP contribution in [0, 0.1) is 5.41 Å². The van der Waals surface area contributed by atoms with Crippen LogP contribution in [0.1, 0.15) is 6.42 Å². The van der Waals surface area contributed by atoms with Crippen LogP contribution < -0.4 is 5.32 Å². The second kappa shape index (κ2) is 5.12. The van der Waals surface area contributed by atoms with E-state index in [2.05, 4.69) is 17.9 Å². The summed E-state index contributed by atoms with van der Waals surface area (Å²) in [5, 5.41) is 10.1. The predicted octanol–water partition coefficient (Wildman–Crippen LogP) is 0.545. The Hall–Kier alpha value is -0.0200. The van der Waals surface area contributed by atoms with Gasteiger partial charge in [0.25, 0.3) is 0 Å². The Kier molecular flexibility index (Phi) is 5.11. The molecule has 2 N–H and O–H groups in total. The highest BCUT2D eigenvalue weighted by atomic mass is 32.1. The van der Waals surface area contributed by atoms with E-state index in [0.29, 0.717) is 11.5 Å². The molecule has 2 nitrogen and oxygen atoms in total. The minimum atomic E-state index is 0.585. The van der Waals surface area contributed by atoms with Crippen LogP contribution in [0.3, 0.4) is 0 Å². The molecule has 48 valence electrons. The third-order valence-corrected chi connectivity index (χ3v) is 1.25. The Bertz CT molecular complexity index is 72.8. The summed E-state index contributed by atoms with van der Waals surface area (Å²) in [5.41, 5.74) is 0.697. The lowest BCUT2D eigenvalue weighted by molar-refractivity contribution is 0.821. The maximum atomic E-state index is 7.12. The first-order chi connectivity index (χ1) is 3.81.